The predicted octanol–water partition coefficient (Wildman–Crippen LogP) is 1.93. The minimum atomic E-state index is -0.380. The number of hydrazone groups is 1. The summed E-state index contributed by atoms with van der Waals surface area (Å²) in [5.41, 5.74) is 11.1. The molecule has 0 saturated heterocycles. The summed E-state index contributed by atoms with van der Waals surface area (Å²) in [5.74, 6) is 0.269. The molecule has 2 aromatic heterocycles. The van der Waals surface area contributed by atoms with E-state index in [4.69, 9.17) is 16.4 Å². The van der Waals surface area contributed by atoms with E-state index in [9.17, 15) is 0 Å². The number of hydrogen-bond acceptors (Lipinski definition) is 6. The van der Waals surface area contributed by atoms with Gasteiger partial charge in [-0.2, -0.15) is 10.4 Å². The highest BCUT2D eigenvalue weighted by molar-refractivity contribution is 6.45. The number of hydrogen-bond donors (Lipinski definition) is 3. The number of nitriles is 1. The maximum absolute atomic E-state index is 8.80. The first-order valence-corrected chi connectivity index (χ1v) is 7.08. The number of benzene rings is 1. The smallest absolute Gasteiger partial charge is 0.234 e. The van der Waals surface area contributed by atoms with Crippen molar-refractivity contribution in [1.29, 1.82) is 10.7 Å². The molecule has 2 heterocycles. The van der Waals surface area contributed by atoms with Gasteiger partial charge in [0.25, 0.3) is 0 Å². The minimum Gasteiger partial charge on any atom is -0.382 e. The molecule has 4 N–H and O–H groups in total. The number of amidine groups is 1. The number of aromatic nitrogens is 3. The Balaban J connectivity index is 1.83. The van der Waals surface area contributed by atoms with E-state index in [1.54, 1.807) is 18.2 Å². The second-order valence-corrected chi connectivity index (χ2v) is 5.08. The molecule has 8 heteroatoms. The Hall–Kier alpha value is -3.73. The van der Waals surface area contributed by atoms with Gasteiger partial charge in [0, 0.05) is 23.7 Å². The molecule has 0 aliphatic heterocycles. The fourth-order valence-electron chi connectivity index (χ4n) is 2.08. The van der Waals surface area contributed by atoms with Crippen LogP contribution >= 0.6 is 0 Å². The standard InChI is InChI=1S/C16H14N8/c1-10-6-7-24-9-14(21-16(24)20-10)11-2-4-12(5-3-11)22-23-13(8-17)15(18)19/h2-7,9,22H,1H3,(H3,18,19)/b23-13+. The number of nitrogens with one attached hydrogen (secondary N) is 2. The average molecular weight is 318 g/mol. The maximum atomic E-state index is 8.80. The van der Waals surface area contributed by atoms with Gasteiger partial charge in [-0.1, -0.05) is 12.1 Å². The summed E-state index contributed by atoms with van der Waals surface area (Å²) in [5, 5.41) is 19.8. The lowest BCUT2D eigenvalue weighted by molar-refractivity contribution is 1.07. The van der Waals surface area contributed by atoms with Crippen molar-refractivity contribution in [3.8, 4) is 17.3 Å². The topological polar surface area (TPSA) is 128 Å². The van der Waals surface area contributed by atoms with Gasteiger partial charge in [0.1, 0.15) is 6.07 Å². The Bertz CT molecular complexity index is 975. The lowest BCUT2D eigenvalue weighted by Crippen LogP contribution is -2.21. The Morgan fingerprint density at radius 2 is 2.04 bits per heavy atom. The molecule has 3 rings (SSSR count). The van der Waals surface area contributed by atoms with Crippen LogP contribution in [-0.4, -0.2) is 25.9 Å². The van der Waals surface area contributed by atoms with Crippen LogP contribution < -0.4 is 11.2 Å². The predicted molar refractivity (Wildman–Crippen MR) is 91.7 cm³/mol. The van der Waals surface area contributed by atoms with Crippen molar-refractivity contribution in [2.24, 2.45) is 10.8 Å². The number of rotatable bonds is 4. The van der Waals surface area contributed by atoms with Gasteiger partial charge in [-0.15, -0.1) is 0 Å². The van der Waals surface area contributed by atoms with Crippen LogP contribution in [0.15, 0.2) is 47.8 Å². The van der Waals surface area contributed by atoms with E-state index in [2.05, 4.69) is 20.5 Å². The first kappa shape index (κ1) is 15.2. The molecule has 0 radical (unpaired) electrons. The molecule has 0 bridgehead atoms. The van der Waals surface area contributed by atoms with Gasteiger partial charge in [-0.25, -0.2) is 9.97 Å². The Kier molecular flexibility index (Phi) is 3.91. The fraction of sp³-hybridized carbons (Fsp3) is 0.0625. The van der Waals surface area contributed by atoms with Crippen molar-refractivity contribution in [1.82, 2.24) is 14.4 Å². The molecule has 0 fully saturated rings. The Morgan fingerprint density at radius 3 is 2.71 bits per heavy atom. The summed E-state index contributed by atoms with van der Waals surface area (Å²) in [7, 11) is 0. The molecule has 8 nitrogen and oxygen atoms in total. The van der Waals surface area contributed by atoms with Gasteiger partial charge < -0.3 is 5.73 Å². The van der Waals surface area contributed by atoms with Crippen molar-refractivity contribution in [2.45, 2.75) is 6.92 Å². The van der Waals surface area contributed by atoms with Crippen LogP contribution in [0.2, 0.25) is 0 Å². The quantitative estimate of drug-likeness (QED) is 0.384. The van der Waals surface area contributed by atoms with Crippen LogP contribution in [0.3, 0.4) is 0 Å². The summed E-state index contributed by atoms with van der Waals surface area (Å²) >= 11 is 0. The fourth-order valence-corrected chi connectivity index (χ4v) is 2.08. The van der Waals surface area contributed by atoms with E-state index in [1.165, 1.54) is 0 Å². The van der Waals surface area contributed by atoms with Crippen LogP contribution in [0.5, 0.6) is 0 Å². The van der Waals surface area contributed by atoms with E-state index in [1.807, 2.05) is 41.9 Å². The van der Waals surface area contributed by atoms with Crippen LogP contribution in [0.4, 0.5) is 5.69 Å². The second kappa shape index (κ2) is 6.18. The number of nitrogens with zero attached hydrogens (tertiary/aromatic N) is 5. The number of aryl methyl sites for hydroxylation is 1. The van der Waals surface area contributed by atoms with E-state index in [0.717, 1.165) is 17.0 Å². The molecule has 0 saturated carbocycles. The van der Waals surface area contributed by atoms with Crippen molar-refractivity contribution in [3.05, 3.63) is 48.4 Å². The maximum Gasteiger partial charge on any atom is 0.234 e. The van der Waals surface area contributed by atoms with Crippen LogP contribution in [0, 0.1) is 23.7 Å². The molecule has 1 aromatic carbocycles. The molecule has 0 spiro atoms. The summed E-state index contributed by atoms with van der Waals surface area (Å²) in [6.07, 6.45) is 3.83. The lowest BCUT2D eigenvalue weighted by atomic mass is 10.1. The van der Waals surface area contributed by atoms with E-state index >= 15 is 0 Å². The van der Waals surface area contributed by atoms with E-state index < -0.39 is 0 Å². The third-order valence-corrected chi connectivity index (χ3v) is 3.30. The molecule has 0 atom stereocenters. The van der Waals surface area contributed by atoms with Crippen LogP contribution in [0.1, 0.15) is 5.69 Å². The van der Waals surface area contributed by atoms with Crippen LogP contribution in [0.25, 0.3) is 17.0 Å². The van der Waals surface area contributed by atoms with E-state index in [-0.39, 0.29) is 11.5 Å². The Morgan fingerprint density at radius 1 is 1.29 bits per heavy atom. The molecule has 3 aromatic rings. The van der Waals surface area contributed by atoms with Crippen molar-refractivity contribution in [3.63, 3.8) is 0 Å². The van der Waals surface area contributed by atoms with Gasteiger partial charge >= 0.3 is 0 Å². The monoisotopic (exact) mass is 318 g/mol. The van der Waals surface area contributed by atoms with Crippen molar-refractivity contribution in [2.75, 3.05) is 5.43 Å². The van der Waals surface area contributed by atoms with Gasteiger partial charge in [-0.3, -0.25) is 15.2 Å². The first-order chi connectivity index (χ1) is 11.6. The number of nitrogens with two attached hydrogens (primary N) is 1. The average Bonchev–Trinajstić information content (AvgIpc) is 2.98. The SMILES string of the molecule is Cc1ccn2cc(-c3ccc(N/N=C(\C#N)C(=N)N)cc3)nc2n1. The summed E-state index contributed by atoms with van der Waals surface area (Å²) in [4.78, 5) is 8.87. The van der Waals surface area contributed by atoms with E-state index in [0.29, 0.717) is 11.5 Å². The third-order valence-electron chi connectivity index (χ3n) is 3.30. The van der Waals surface area contributed by atoms with Crippen LogP contribution in [-0.2, 0) is 0 Å². The highest BCUT2D eigenvalue weighted by Crippen LogP contribution is 2.21. The van der Waals surface area contributed by atoms with Gasteiger partial charge in [-0.05, 0) is 25.1 Å². The van der Waals surface area contributed by atoms with Crippen molar-refractivity contribution < 1.29 is 0 Å². The summed E-state index contributed by atoms with van der Waals surface area (Å²) < 4.78 is 1.87. The van der Waals surface area contributed by atoms with Crippen molar-refractivity contribution >= 4 is 23.0 Å². The zero-order valence-corrected chi connectivity index (χ0v) is 12.9. The molecular weight excluding hydrogens is 304 g/mol. The molecule has 0 aliphatic rings. The first-order valence-electron chi connectivity index (χ1n) is 7.08. The summed E-state index contributed by atoms with van der Waals surface area (Å²) in [6, 6.07) is 11.0. The molecular formula is C16H14N8. The molecule has 0 unspecified atom stereocenters. The second-order valence-electron chi connectivity index (χ2n) is 5.08. The highest BCUT2D eigenvalue weighted by atomic mass is 15.3. The van der Waals surface area contributed by atoms with Gasteiger partial charge in [0.05, 0.1) is 11.4 Å². The largest absolute Gasteiger partial charge is 0.382 e. The zero-order chi connectivity index (χ0) is 17.1. The van der Waals surface area contributed by atoms with Gasteiger partial charge in [0.2, 0.25) is 11.5 Å². The molecule has 0 aliphatic carbocycles. The van der Waals surface area contributed by atoms with Gasteiger partial charge in [0.15, 0.2) is 5.84 Å². The summed E-state index contributed by atoms with van der Waals surface area (Å²) in [6.45, 7) is 1.92. The molecule has 118 valence electrons. The normalized spacial score (nSPS) is 11.2. The molecule has 24 heavy (non-hydrogen) atoms. The number of anilines is 1. The minimum absolute atomic E-state index is 0.166. The molecule has 0 amide bonds. The third kappa shape index (κ3) is 3.05. The zero-order valence-electron chi connectivity index (χ0n) is 12.9. The number of fused-ring (bicyclic) bond motifs is 1. The highest BCUT2D eigenvalue weighted by Gasteiger charge is 2.06. The lowest BCUT2D eigenvalue weighted by Gasteiger charge is -2.02. The number of imidazole rings is 1. The Labute approximate surface area is 137 Å².